The van der Waals surface area contributed by atoms with Crippen molar-refractivity contribution >= 4 is 37.6 Å². The van der Waals surface area contributed by atoms with Crippen molar-refractivity contribution in [2.45, 2.75) is 11.3 Å². The monoisotopic (exact) mass is 396 g/mol. The molecule has 8 heteroatoms. The molecule has 21 heavy (non-hydrogen) atoms. The van der Waals surface area contributed by atoms with Crippen LogP contribution in [0.3, 0.4) is 0 Å². The average Bonchev–Trinajstić information content (AvgIpc) is 2.44. The number of hydrogen-bond acceptors (Lipinski definition) is 4. The number of benzene rings is 1. The summed E-state index contributed by atoms with van der Waals surface area (Å²) in [6.45, 7) is 4.57. The number of nitrogens with zero attached hydrogens (tertiary/aromatic N) is 1. The van der Waals surface area contributed by atoms with Gasteiger partial charge in [-0.25, -0.2) is 13.1 Å². The lowest BCUT2D eigenvalue weighted by Crippen LogP contribution is -2.38. The Hall–Kier alpha value is -0.180. The summed E-state index contributed by atoms with van der Waals surface area (Å²) >= 11 is 9.23. The molecule has 1 fully saturated rings. The molecule has 1 heterocycles. The third-order valence-corrected chi connectivity index (χ3v) is 5.67. The Kier molecular flexibility index (Phi) is 6.46. The van der Waals surface area contributed by atoms with Gasteiger partial charge in [0.15, 0.2) is 0 Å². The highest BCUT2D eigenvalue weighted by Gasteiger charge is 2.17. The van der Waals surface area contributed by atoms with Crippen molar-refractivity contribution in [2.75, 3.05) is 39.4 Å². The molecule has 0 amide bonds. The standard InChI is InChI=1S/C13H18BrClN2O3S/c14-11-2-3-13(12(15)10-11)21(18,19)16-4-1-5-17-6-8-20-9-7-17/h2-3,10,16H,1,4-9H2. The number of ether oxygens (including phenoxy) is 1. The maximum Gasteiger partial charge on any atom is 0.242 e. The summed E-state index contributed by atoms with van der Waals surface area (Å²) in [5.41, 5.74) is 0. The minimum absolute atomic E-state index is 0.110. The lowest BCUT2D eigenvalue weighted by molar-refractivity contribution is 0.0376. The molecule has 1 aromatic carbocycles. The zero-order chi connectivity index (χ0) is 15.3. The van der Waals surface area contributed by atoms with Gasteiger partial charge in [0, 0.05) is 24.1 Å². The molecule has 0 radical (unpaired) electrons. The van der Waals surface area contributed by atoms with E-state index in [1.54, 1.807) is 12.1 Å². The van der Waals surface area contributed by atoms with Crippen LogP contribution in [0.1, 0.15) is 6.42 Å². The second kappa shape index (κ2) is 7.89. The van der Waals surface area contributed by atoms with E-state index in [0.717, 1.165) is 43.7 Å². The molecule has 1 aliphatic heterocycles. The van der Waals surface area contributed by atoms with E-state index in [0.29, 0.717) is 6.54 Å². The van der Waals surface area contributed by atoms with Crippen molar-refractivity contribution in [3.8, 4) is 0 Å². The second-order valence-corrected chi connectivity index (χ2v) is 7.84. The van der Waals surface area contributed by atoms with Crippen LogP contribution in [0.4, 0.5) is 0 Å². The lowest BCUT2D eigenvalue weighted by atomic mass is 10.3. The van der Waals surface area contributed by atoms with E-state index in [1.807, 2.05) is 0 Å². The van der Waals surface area contributed by atoms with E-state index in [4.69, 9.17) is 16.3 Å². The van der Waals surface area contributed by atoms with Gasteiger partial charge in [0.2, 0.25) is 10.0 Å². The van der Waals surface area contributed by atoms with Gasteiger partial charge < -0.3 is 4.74 Å². The number of rotatable bonds is 6. The van der Waals surface area contributed by atoms with Crippen LogP contribution < -0.4 is 4.72 Å². The topological polar surface area (TPSA) is 58.6 Å². The normalized spacial score (nSPS) is 17.0. The second-order valence-electron chi connectivity index (χ2n) is 4.78. The Labute approximate surface area is 138 Å². The zero-order valence-electron chi connectivity index (χ0n) is 11.5. The van der Waals surface area contributed by atoms with Crippen LogP contribution >= 0.6 is 27.5 Å². The van der Waals surface area contributed by atoms with Crippen molar-refractivity contribution < 1.29 is 13.2 Å². The molecule has 0 atom stereocenters. The highest BCUT2D eigenvalue weighted by atomic mass is 79.9. The first-order valence-electron chi connectivity index (χ1n) is 6.74. The summed E-state index contributed by atoms with van der Waals surface area (Å²) in [5.74, 6) is 0. The van der Waals surface area contributed by atoms with E-state index in [1.165, 1.54) is 6.07 Å². The Morgan fingerprint density at radius 1 is 1.33 bits per heavy atom. The van der Waals surface area contributed by atoms with Crippen molar-refractivity contribution in [2.24, 2.45) is 0 Å². The van der Waals surface area contributed by atoms with E-state index in [-0.39, 0.29) is 9.92 Å². The number of halogens is 2. The van der Waals surface area contributed by atoms with Gasteiger partial charge in [0.1, 0.15) is 4.90 Å². The van der Waals surface area contributed by atoms with Gasteiger partial charge in [-0.2, -0.15) is 0 Å². The van der Waals surface area contributed by atoms with E-state index < -0.39 is 10.0 Å². The van der Waals surface area contributed by atoms with Crippen LogP contribution in [0, 0.1) is 0 Å². The molecular weight excluding hydrogens is 380 g/mol. The third-order valence-electron chi connectivity index (χ3n) is 3.23. The van der Waals surface area contributed by atoms with E-state index >= 15 is 0 Å². The minimum Gasteiger partial charge on any atom is -0.379 e. The third kappa shape index (κ3) is 5.19. The average molecular weight is 398 g/mol. The quantitative estimate of drug-likeness (QED) is 0.747. The highest BCUT2D eigenvalue weighted by Crippen LogP contribution is 2.24. The predicted molar refractivity (Wildman–Crippen MR) is 86.2 cm³/mol. The smallest absolute Gasteiger partial charge is 0.242 e. The Balaban J connectivity index is 1.83. The lowest BCUT2D eigenvalue weighted by Gasteiger charge is -2.26. The maximum absolute atomic E-state index is 12.2. The van der Waals surface area contributed by atoms with Gasteiger partial charge in [0.05, 0.1) is 18.2 Å². The Morgan fingerprint density at radius 2 is 2.05 bits per heavy atom. The molecule has 1 aliphatic rings. The van der Waals surface area contributed by atoms with Gasteiger partial charge in [-0.15, -0.1) is 0 Å². The molecular formula is C13H18BrClN2O3S. The molecule has 1 aromatic rings. The molecule has 0 saturated carbocycles. The van der Waals surface area contributed by atoms with Gasteiger partial charge in [0.25, 0.3) is 0 Å². The van der Waals surface area contributed by atoms with Gasteiger partial charge >= 0.3 is 0 Å². The fourth-order valence-corrected chi connectivity index (χ4v) is 4.21. The number of sulfonamides is 1. The van der Waals surface area contributed by atoms with Gasteiger partial charge in [-0.05, 0) is 31.2 Å². The molecule has 118 valence electrons. The van der Waals surface area contributed by atoms with Crippen LogP contribution in [0.2, 0.25) is 5.02 Å². The number of hydrogen-bond donors (Lipinski definition) is 1. The van der Waals surface area contributed by atoms with Crippen molar-refractivity contribution in [3.63, 3.8) is 0 Å². The maximum atomic E-state index is 12.2. The summed E-state index contributed by atoms with van der Waals surface area (Å²) in [5, 5.41) is 0.213. The van der Waals surface area contributed by atoms with Crippen LogP contribution in [0.25, 0.3) is 0 Å². The molecule has 0 unspecified atom stereocenters. The van der Waals surface area contributed by atoms with Crippen molar-refractivity contribution in [1.82, 2.24) is 9.62 Å². The van der Waals surface area contributed by atoms with Gasteiger partial charge in [-0.3, -0.25) is 4.90 Å². The van der Waals surface area contributed by atoms with E-state index in [9.17, 15) is 8.42 Å². The van der Waals surface area contributed by atoms with Crippen LogP contribution in [-0.4, -0.2) is 52.7 Å². The molecule has 1 N–H and O–H groups in total. The predicted octanol–water partition coefficient (Wildman–Crippen LogP) is 2.10. The summed E-state index contributed by atoms with van der Waals surface area (Å²) in [6, 6.07) is 4.73. The van der Waals surface area contributed by atoms with Crippen LogP contribution in [0.15, 0.2) is 27.6 Å². The summed E-state index contributed by atoms with van der Waals surface area (Å²) in [6.07, 6.45) is 0.757. The fraction of sp³-hybridized carbons (Fsp3) is 0.538. The summed E-state index contributed by atoms with van der Waals surface area (Å²) < 4.78 is 32.9. The number of nitrogens with one attached hydrogen (secondary N) is 1. The van der Waals surface area contributed by atoms with Crippen LogP contribution in [-0.2, 0) is 14.8 Å². The zero-order valence-corrected chi connectivity index (χ0v) is 14.7. The highest BCUT2D eigenvalue weighted by molar-refractivity contribution is 9.10. The molecule has 2 rings (SSSR count). The molecule has 1 saturated heterocycles. The molecule has 0 aliphatic carbocycles. The first-order valence-corrected chi connectivity index (χ1v) is 9.39. The first kappa shape index (κ1) is 17.2. The summed E-state index contributed by atoms with van der Waals surface area (Å²) in [4.78, 5) is 2.38. The fourth-order valence-electron chi connectivity index (χ4n) is 2.10. The summed E-state index contributed by atoms with van der Waals surface area (Å²) in [7, 11) is -3.56. The molecule has 5 nitrogen and oxygen atoms in total. The Morgan fingerprint density at radius 3 is 2.71 bits per heavy atom. The largest absolute Gasteiger partial charge is 0.379 e. The number of morpholine rings is 1. The molecule has 0 bridgehead atoms. The first-order chi connectivity index (χ1) is 9.99. The SMILES string of the molecule is O=S(=O)(NCCCN1CCOCC1)c1ccc(Br)cc1Cl. The van der Waals surface area contributed by atoms with Crippen molar-refractivity contribution in [1.29, 1.82) is 0 Å². The minimum atomic E-state index is -3.56. The van der Waals surface area contributed by atoms with Crippen LogP contribution in [0.5, 0.6) is 0 Å². The van der Waals surface area contributed by atoms with Crippen molar-refractivity contribution in [3.05, 3.63) is 27.7 Å². The van der Waals surface area contributed by atoms with Gasteiger partial charge in [-0.1, -0.05) is 27.5 Å². The molecule has 0 spiro atoms. The van der Waals surface area contributed by atoms with E-state index in [2.05, 4.69) is 25.6 Å². The Bertz CT molecular complexity index is 577. The molecule has 0 aromatic heterocycles.